The number of amides is 1. The topological polar surface area (TPSA) is 48.0 Å². The fraction of sp³-hybridized carbons (Fsp3) is 0.727. The number of rotatable bonds is 8. The molecule has 0 heterocycles. The Hall–Kier alpha value is -1.07. The average molecular weight is 231 g/mol. The molecule has 0 bridgehead atoms. The van der Waals surface area contributed by atoms with Gasteiger partial charge in [0.2, 0.25) is 0 Å². The van der Waals surface area contributed by atoms with Gasteiger partial charge in [0, 0.05) is 33.7 Å². The van der Waals surface area contributed by atoms with Gasteiger partial charge in [0.05, 0.1) is 7.11 Å². The van der Waals surface area contributed by atoms with Crippen LogP contribution in [0.3, 0.4) is 0 Å². The zero-order chi connectivity index (χ0) is 12.4. The van der Waals surface area contributed by atoms with Gasteiger partial charge in [-0.3, -0.25) is 0 Å². The van der Waals surface area contributed by atoms with Crippen LogP contribution in [0.25, 0.3) is 0 Å². The Balaban J connectivity index is 3.92. The molecule has 0 aromatic rings. The van der Waals surface area contributed by atoms with Gasteiger partial charge >= 0.3 is 6.09 Å². The van der Waals surface area contributed by atoms with E-state index in [0.717, 1.165) is 12.8 Å². The standard InChI is InChI=1S/C11H21NO4/c1-5-8-12(11(13)16-4)9-6-7-10(14-2)15-3/h5,10H,1,6-9H2,2-4H3. The number of ether oxygens (including phenoxy) is 3. The molecule has 0 saturated carbocycles. The number of methoxy groups -OCH3 is 3. The predicted octanol–water partition coefficient (Wildman–Crippen LogP) is 1.64. The smallest absolute Gasteiger partial charge is 0.409 e. The normalized spacial score (nSPS) is 10.2. The van der Waals surface area contributed by atoms with Gasteiger partial charge in [-0.2, -0.15) is 0 Å². The second-order valence-electron chi connectivity index (χ2n) is 3.25. The van der Waals surface area contributed by atoms with Crippen molar-refractivity contribution in [3.8, 4) is 0 Å². The summed E-state index contributed by atoms with van der Waals surface area (Å²) in [5.74, 6) is 0. The zero-order valence-corrected chi connectivity index (χ0v) is 10.3. The van der Waals surface area contributed by atoms with Crippen LogP contribution in [0.15, 0.2) is 12.7 Å². The van der Waals surface area contributed by atoms with Crippen LogP contribution in [0, 0.1) is 0 Å². The Morgan fingerprint density at radius 3 is 2.44 bits per heavy atom. The molecular formula is C11H21NO4. The molecule has 5 nitrogen and oxygen atoms in total. The fourth-order valence-corrected chi connectivity index (χ4v) is 1.32. The van der Waals surface area contributed by atoms with Gasteiger partial charge in [-0.25, -0.2) is 4.79 Å². The monoisotopic (exact) mass is 231 g/mol. The van der Waals surface area contributed by atoms with E-state index in [1.54, 1.807) is 25.2 Å². The molecule has 5 heteroatoms. The minimum atomic E-state index is -0.341. The van der Waals surface area contributed by atoms with Crippen molar-refractivity contribution in [2.24, 2.45) is 0 Å². The summed E-state index contributed by atoms with van der Waals surface area (Å²) in [6, 6.07) is 0. The molecule has 0 aliphatic carbocycles. The van der Waals surface area contributed by atoms with E-state index in [9.17, 15) is 4.79 Å². The highest BCUT2D eigenvalue weighted by atomic mass is 16.7. The SMILES string of the molecule is C=CCN(CCCC(OC)OC)C(=O)OC. The van der Waals surface area contributed by atoms with E-state index >= 15 is 0 Å². The lowest BCUT2D eigenvalue weighted by Crippen LogP contribution is -2.32. The molecule has 0 N–H and O–H groups in total. The van der Waals surface area contributed by atoms with Gasteiger partial charge in [-0.1, -0.05) is 6.08 Å². The van der Waals surface area contributed by atoms with Crippen LogP contribution in [0.2, 0.25) is 0 Å². The fourth-order valence-electron chi connectivity index (χ4n) is 1.32. The van der Waals surface area contributed by atoms with Gasteiger partial charge in [-0.05, 0) is 6.42 Å². The number of carbonyl (C=O) groups is 1. The molecule has 0 spiro atoms. The second-order valence-corrected chi connectivity index (χ2v) is 3.25. The van der Waals surface area contributed by atoms with Crippen LogP contribution in [-0.2, 0) is 14.2 Å². The lowest BCUT2D eigenvalue weighted by molar-refractivity contribution is -0.107. The third-order valence-electron chi connectivity index (χ3n) is 2.18. The second kappa shape index (κ2) is 9.18. The molecule has 0 radical (unpaired) electrons. The zero-order valence-electron chi connectivity index (χ0n) is 10.3. The predicted molar refractivity (Wildman–Crippen MR) is 61.2 cm³/mol. The third kappa shape index (κ3) is 5.72. The first-order valence-electron chi connectivity index (χ1n) is 5.19. The van der Waals surface area contributed by atoms with E-state index in [1.165, 1.54) is 7.11 Å². The number of hydrogen-bond donors (Lipinski definition) is 0. The molecule has 1 amide bonds. The molecular weight excluding hydrogens is 210 g/mol. The first kappa shape index (κ1) is 14.9. The van der Waals surface area contributed by atoms with E-state index in [4.69, 9.17) is 9.47 Å². The van der Waals surface area contributed by atoms with Gasteiger partial charge in [0.15, 0.2) is 6.29 Å². The third-order valence-corrected chi connectivity index (χ3v) is 2.18. The summed E-state index contributed by atoms with van der Waals surface area (Å²) in [7, 11) is 4.55. The number of hydrogen-bond acceptors (Lipinski definition) is 4. The summed E-state index contributed by atoms with van der Waals surface area (Å²) in [5, 5.41) is 0. The van der Waals surface area contributed by atoms with Crippen molar-refractivity contribution in [3.63, 3.8) is 0 Å². The molecule has 0 aliphatic heterocycles. The van der Waals surface area contributed by atoms with Crippen molar-refractivity contribution in [3.05, 3.63) is 12.7 Å². The summed E-state index contributed by atoms with van der Waals surface area (Å²) >= 11 is 0. The van der Waals surface area contributed by atoms with Crippen molar-refractivity contribution in [1.82, 2.24) is 4.90 Å². The lowest BCUT2D eigenvalue weighted by Gasteiger charge is -2.20. The Morgan fingerprint density at radius 2 is 2.00 bits per heavy atom. The minimum absolute atomic E-state index is 0.219. The van der Waals surface area contributed by atoms with E-state index in [1.807, 2.05) is 0 Å². The highest BCUT2D eigenvalue weighted by Gasteiger charge is 2.12. The van der Waals surface area contributed by atoms with E-state index < -0.39 is 0 Å². The van der Waals surface area contributed by atoms with Gasteiger partial charge in [0.25, 0.3) is 0 Å². The van der Waals surface area contributed by atoms with Crippen molar-refractivity contribution < 1.29 is 19.0 Å². The quantitative estimate of drug-likeness (QED) is 0.470. The van der Waals surface area contributed by atoms with Gasteiger partial charge in [-0.15, -0.1) is 6.58 Å². The van der Waals surface area contributed by atoms with Crippen LogP contribution in [0.5, 0.6) is 0 Å². The Labute approximate surface area is 97.0 Å². The van der Waals surface area contributed by atoms with E-state index in [0.29, 0.717) is 13.1 Å². The van der Waals surface area contributed by atoms with Crippen molar-refractivity contribution in [1.29, 1.82) is 0 Å². The molecule has 0 aromatic carbocycles. The Bertz CT molecular complexity index is 204. The lowest BCUT2D eigenvalue weighted by atomic mass is 10.3. The van der Waals surface area contributed by atoms with E-state index in [-0.39, 0.29) is 12.4 Å². The van der Waals surface area contributed by atoms with Crippen LogP contribution in [0.4, 0.5) is 4.79 Å². The van der Waals surface area contributed by atoms with E-state index in [2.05, 4.69) is 11.3 Å². The van der Waals surface area contributed by atoms with Crippen LogP contribution in [-0.4, -0.2) is 51.7 Å². The number of nitrogens with zero attached hydrogens (tertiary/aromatic N) is 1. The highest BCUT2D eigenvalue weighted by molar-refractivity contribution is 5.67. The van der Waals surface area contributed by atoms with Crippen LogP contribution < -0.4 is 0 Å². The van der Waals surface area contributed by atoms with Crippen molar-refractivity contribution in [2.45, 2.75) is 19.1 Å². The Morgan fingerprint density at radius 1 is 1.38 bits per heavy atom. The van der Waals surface area contributed by atoms with Gasteiger partial charge in [0.1, 0.15) is 0 Å². The largest absolute Gasteiger partial charge is 0.453 e. The summed E-state index contributed by atoms with van der Waals surface area (Å²) < 4.78 is 14.8. The maximum atomic E-state index is 11.3. The first-order chi connectivity index (χ1) is 7.69. The molecule has 0 fully saturated rings. The molecule has 0 aliphatic rings. The molecule has 94 valence electrons. The van der Waals surface area contributed by atoms with Gasteiger partial charge < -0.3 is 19.1 Å². The summed E-state index contributed by atoms with van der Waals surface area (Å²) in [6.45, 7) is 4.68. The van der Waals surface area contributed by atoms with Crippen molar-refractivity contribution in [2.75, 3.05) is 34.4 Å². The minimum Gasteiger partial charge on any atom is -0.453 e. The molecule has 0 unspecified atom stereocenters. The molecule has 0 aromatic heterocycles. The molecule has 0 rings (SSSR count). The average Bonchev–Trinajstić information content (AvgIpc) is 2.32. The maximum absolute atomic E-state index is 11.3. The summed E-state index contributed by atoms with van der Waals surface area (Å²) in [6.07, 6.45) is 2.63. The Kier molecular flexibility index (Phi) is 8.56. The summed E-state index contributed by atoms with van der Waals surface area (Å²) in [5.41, 5.74) is 0. The maximum Gasteiger partial charge on any atom is 0.409 e. The van der Waals surface area contributed by atoms with Crippen molar-refractivity contribution >= 4 is 6.09 Å². The molecule has 0 atom stereocenters. The van der Waals surface area contributed by atoms with Crippen LogP contribution >= 0.6 is 0 Å². The van der Waals surface area contributed by atoms with Crippen LogP contribution in [0.1, 0.15) is 12.8 Å². The molecule has 16 heavy (non-hydrogen) atoms. The highest BCUT2D eigenvalue weighted by Crippen LogP contribution is 2.04. The molecule has 0 saturated heterocycles. The summed E-state index contributed by atoms with van der Waals surface area (Å²) in [4.78, 5) is 12.9. The first-order valence-corrected chi connectivity index (χ1v) is 5.19. The number of carbonyl (C=O) groups excluding carboxylic acids is 1.